The Morgan fingerprint density at radius 1 is 1.00 bits per heavy atom. The Labute approximate surface area is 105 Å². The van der Waals surface area contributed by atoms with Crippen LogP contribution in [-0.2, 0) is 0 Å². The maximum Gasteiger partial charge on any atom is 0.168 e. The lowest BCUT2D eigenvalue weighted by Crippen LogP contribution is -2.58. The summed E-state index contributed by atoms with van der Waals surface area (Å²) in [6, 6.07) is 0. The quantitative estimate of drug-likeness (QED) is 0.561. The maximum atomic E-state index is 5.87. The topological polar surface area (TPSA) is 35.7 Å². The average Bonchev–Trinajstić information content (AvgIpc) is 2.16. The molecule has 0 aliphatic carbocycles. The van der Waals surface area contributed by atoms with Gasteiger partial charge in [0.25, 0.3) is 0 Å². The van der Waals surface area contributed by atoms with Crippen molar-refractivity contribution < 1.29 is 0 Å². The molecule has 0 saturated carbocycles. The molecule has 96 valence electrons. The van der Waals surface area contributed by atoms with E-state index in [-0.39, 0.29) is 12.3 Å². The van der Waals surface area contributed by atoms with Crippen LogP contribution in [0.5, 0.6) is 0 Å². The molecule has 0 aromatic rings. The van der Waals surface area contributed by atoms with Gasteiger partial charge in [-0.2, -0.15) is 0 Å². The normalized spacial score (nSPS) is 15.2. The van der Waals surface area contributed by atoms with E-state index >= 15 is 0 Å². The molecule has 0 aromatic carbocycles. The van der Waals surface area contributed by atoms with Crippen LogP contribution < -0.4 is 5.73 Å². The first-order valence-electron chi connectivity index (χ1n) is 5.77. The molecule has 0 aromatic heterocycles. The van der Waals surface area contributed by atoms with Gasteiger partial charge >= 0.3 is 0 Å². The van der Waals surface area contributed by atoms with Gasteiger partial charge in [-0.3, -0.25) is 9.80 Å². The highest BCUT2D eigenvalue weighted by molar-refractivity contribution is 7.80. The van der Waals surface area contributed by atoms with E-state index in [1.54, 1.807) is 0 Å². The number of nitrogens with zero attached hydrogens (tertiary/aromatic N) is 3. The Bertz CT molecular complexity index is 202. The lowest BCUT2D eigenvalue weighted by atomic mass is 10.2. The second-order valence-corrected chi connectivity index (χ2v) is 4.87. The molecule has 2 N–H and O–H groups in total. The minimum atomic E-state index is 0.254. The molecule has 0 aliphatic heterocycles. The first-order chi connectivity index (χ1) is 7.36. The molecule has 2 atom stereocenters. The summed E-state index contributed by atoms with van der Waals surface area (Å²) >= 11 is 5.19. The van der Waals surface area contributed by atoms with Gasteiger partial charge in [0.2, 0.25) is 0 Å². The minimum absolute atomic E-state index is 0.254. The molecule has 4 nitrogen and oxygen atoms in total. The molecule has 0 radical (unpaired) electrons. The summed E-state index contributed by atoms with van der Waals surface area (Å²) in [5.41, 5.74) is 5.87. The van der Waals surface area contributed by atoms with Crippen LogP contribution in [0.4, 0.5) is 0 Å². The van der Waals surface area contributed by atoms with Crippen molar-refractivity contribution in [3.05, 3.63) is 0 Å². The molecule has 0 bridgehead atoms. The van der Waals surface area contributed by atoms with Gasteiger partial charge in [0.15, 0.2) is 5.11 Å². The van der Waals surface area contributed by atoms with Crippen molar-refractivity contribution in [1.82, 2.24) is 14.7 Å². The summed E-state index contributed by atoms with van der Waals surface area (Å²) in [7, 11) is 8.23. The zero-order valence-corrected chi connectivity index (χ0v) is 12.2. The Morgan fingerprint density at radius 3 is 1.44 bits per heavy atom. The van der Waals surface area contributed by atoms with Crippen LogP contribution in [0.2, 0.25) is 0 Å². The Hall–Kier alpha value is -0.390. The van der Waals surface area contributed by atoms with E-state index in [0.717, 1.165) is 12.8 Å². The predicted molar refractivity (Wildman–Crippen MR) is 74.2 cm³/mol. The smallest absolute Gasteiger partial charge is 0.168 e. The van der Waals surface area contributed by atoms with Crippen LogP contribution in [0.3, 0.4) is 0 Å². The van der Waals surface area contributed by atoms with E-state index in [9.17, 15) is 0 Å². The fourth-order valence-electron chi connectivity index (χ4n) is 2.11. The standard InChI is InChI=1S/C11H26N4S/c1-7-9(13(3)4)15(11(12)16)10(8-2)14(5)6/h9-10H,7-8H2,1-6H3,(H2,12,16). The first kappa shape index (κ1) is 15.6. The van der Waals surface area contributed by atoms with Crippen molar-refractivity contribution in [2.75, 3.05) is 28.2 Å². The highest BCUT2D eigenvalue weighted by Gasteiger charge is 2.27. The number of nitrogens with two attached hydrogens (primary N) is 1. The third-order valence-electron chi connectivity index (χ3n) is 2.82. The maximum absolute atomic E-state index is 5.87. The van der Waals surface area contributed by atoms with Crippen molar-refractivity contribution in [1.29, 1.82) is 0 Å². The first-order valence-corrected chi connectivity index (χ1v) is 6.18. The molecular weight excluding hydrogens is 220 g/mol. The van der Waals surface area contributed by atoms with Crippen molar-refractivity contribution >= 4 is 17.3 Å². The average molecular weight is 246 g/mol. The van der Waals surface area contributed by atoms with Crippen molar-refractivity contribution in [3.8, 4) is 0 Å². The Balaban J connectivity index is 5.03. The molecular formula is C11H26N4S. The number of thiocarbonyl (C=S) groups is 1. The Kier molecular flexibility index (Phi) is 6.87. The van der Waals surface area contributed by atoms with Crippen LogP contribution in [0.1, 0.15) is 26.7 Å². The van der Waals surface area contributed by atoms with Gasteiger partial charge in [-0.25, -0.2) is 0 Å². The lowest BCUT2D eigenvalue weighted by Gasteiger charge is -2.43. The zero-order valence-electron chi connectivity index (χ0n) is 11.4. The van der Waals surface area contributed by atoms with Crippen LogP contribution in [0.15, 0.2) is 0 Å². The molecule has 0 spiro atoms. The van der Waals surface area contributed by atoms with E-state index in [4.69, 9.17) is 18.0 Å². The summed E-state index contributed by atoms with van der Waals surface area (Å²) in [5, 5.41) is 0.473. The van der Waals surface area contributed by atoms with Gasteiger partial charge in [-0.15, -0.1) is 0 Å². The van der Waals surface area contributed by atoms with Crippen molar-refractivity contribution in [2.45, 2.75) is 39.0 Å². The highest BCUT2D eigenvalue weighted by Crippen LogP contribution is 2.15. The summed E-state index contributed by atoms with van der Waals surface area (Å²) in [6.07, 6.45) is 2.50. The minimum Gasteiger partial charge on any atom is -0.376 e. The molecule has 0 saturated heterocycles. The molecule has 0 heterocycles. The van der Waals surface area contributed by atoms with Gasteiger partial charge in [-0.05, 0) is 53.3 Å². The van der Waals surface area contributed by atoms with Crippen molar-refractivity contribution in [3.63, 3.8) is 0 Å². The predicted octanol–water partition coefficient (Wildman–Crippen LogP) is 1.13. The van der Waals surface area contributed by atoms with E-state index < -0.39 is 0 Å². The van der Waals surface area contributed by atoms with Gasteiger partial charge in [-0.1, -0.05) is 13.8 Å². The fourth-order valence-corrected chi connectivity index (χ4v) is 2.36. The van der Waals surface area contributed by atoms with Crippen LogP contribution in [-0.4, -0.2) is 60.3 Å². The summed E-state index contributed by atoms with van der Waals surface area (Å²) in [6.45, 7) is 4.30. The van der Waals surface area contributed by atoms with E-state index in [2.05, 4.69) is 56.7 Å². The highest BCUT2D eigenvalue weighted by atomic mass is 32.1. The summed E-state index contributed by atoms with van der Waals surface area (Å²) in [4.78, 5) is 6.44. The van der Waals surface area contributed by atoms with Crippen LogP contribution in [0, 0.1) is 0 Å². The largest absolute Gasteiger partial charge is 0.376 e. The van der Waals surface area contributed by atoms with Crippen LogP contribution >= 0.6 is 12.2 Å². The molecule has 0 rings (SSSR count). The van der Waals surface area contributed by atoms with Crippen molar-refractivity contribution in [2.24, 2.45) is 5.73 Å². The summed E-state index contributed by atoms with van der Waals surface area (Å²) < 4.78 is 0. The van der Waals surface area contributed by atoms with Gasteiger partial charge in [0, 0.05) is 0 Å². The third kappa shape index (κ3) is 3.88. The van der Waals surface area contributed by atoms with Crippen LogP contribution in [0.25, 0.3) is 0 Å². The SMILES string of the molecule is CCC(N(C)C)N(C(N)=S)C(CC)N(C)C. The molecule has 0 aliphatic rings. The molecule has 16 heavy (non-hydrogen) atoms. The monoisotopic (exact) mass is 246 g/mol. The van der Waals surface area contributed by atoms with E-state index in [1.807, 2.05) is 0 Å². The zero-order chi connectivity index (χ0) is 12.9. The molecule has 0 fully saturated rings. The number of hydrogen-bond donors (Lipinski definition) is 1. The number of hydrogen-bond acceptors (Lipinski definition) is 3. The second kappa shape index (κ2) is 7.04. The molecule has 5 heteroatoms. The molecule has 2 unspecified atom stereocenters. The Morgan fingerprint density at radius 2 is 1.31 bits per heavy atom. The fraction of sp³-hybridized carbons (Fsp3) is 0.909. The van der Waals surface area contributed by atoms with E-state index in [0.29, 0.717) is 5.11 Å². The number of rotatable bonds is 6. The third-order valence-corrected chi connectivity index (χ3v) is 3.03. The lowest BCUT2D eigenvalue weighted by molar-refractivity contribution is 0.0390. The van der Waals surface area contributed by atoms with Gasteiger partial charge < -0.3 is 10.6 Å². The van der Waals surface area contributed by atoms with Gasteiger partial charge in [0.1, 0.15) is 0 Å². The molecule has 0 amide bonds. The second-order valence-electron chi connectivity index (χ2n) is 4.45. The summed E-state index contributed by atoms with van der Waals surface area (Å²) in [5.74, 6) is 0. The van der Waals surface area contributed by atoms with E-state index in [1.165, 1.54) is 0 Å². The van der Waals surface area contributed by atoms with Gasteiger partial charge in [0.05, 0.1) is 12.3 Å².